The minimum atomic E-state index is -0.112. The van der Waals surface area contributed by atoms with Gasteiger partial charge in [0.1, 0.15) is 5.52 Å². The fraction of sp³-hybridized carbons (Fsp3) is 0.412. The molecule has 130 valence electrons. The van der Waals surface area contributed by atoms with Gasteiger partial charge in [-0.1, -0.05) is 11.3 Å². The molecule has 0 aliphatic carbocycles. The van der Waals surface area contributed by atoms with Crippen LogP contribution in [0.1, 0.15) is 27.9 Å². The fourth-order valence-electron chi connectivity index (χ4n) is 3.40. The Morgan fingerprint density at radius 1 is 1.36 bits per heavy atom. The van der Waals surface area contributed by atoms with Gasteiger partial charge in [-0.15, -0.1) is 5.10 Å². The molecule has 1 amide bonds. The van der Waals surface area contributed by atoms with Crippen molar-refractivity contribution in [2.75, 3.05) is 20.2 Å². The zero-order valence-electron chi connectivity index (χ0n) is 14.3. The number of rotatable bonds is 3. The van der Waals surface area contributed by atoms with Crippen LogP contribution >= 0.6 is 0 Å². The third kappa shape index (κ3) is 2.68. The standard InChI is InChI=1S/C17H19N5O3/c1-10-18-16-11(5-4-6-14(16)25-10)17(23)22-7-12(15(9-22)24-3)13-8-21(2)20-19-13/h4-6,8,12,15H,7,9H2,1-3H3/t12-,15+/m0/s1. The number of methoxy groups -OCH3 is 1. The molecule has 0 N–H and O–H groups in total. The van der Waals surface area contributed by atoms with Gasteiger partial charge in [0.15, 0.2) is 11.5 Å². The molecule has 3 aromatic rings. The lowest BCUT2D eigenvalue weighted by Crippen LogP contribution is -2.30. The van der Waals surface area contributed by atoms with Crippen molar-refractivity contribution in [1.82, 2.24) is 24.9 Å². The molecule has 1 aliphatic heterocycles. The number of aromatic nitrogens is 4. The molecule has 0 spiro atoms. The molecule has 1 aromatic carbocycles. The Labute approximate surface area is 144 Å². The Bertz CT molecular complexity index is 931. The Kier molecular flexibility index (Phi) is 3.76. The van der Waals surface area contributed by atoms with E-state index in [0.717, 1.165) is 5.69 Å². The molecule has 8 nitrogen and oxygen atoms in total. The van der Waals surface area contributed by atoms with E-state index in [4.69, 9.17) is 9.15 Å². The summed E-state index contributed by atoms with van der Waals surface area (Å²) in [7, 11) is 3.48. The van der Waals surface area contributed by atoms with Gasteiger partial charge in [0, 0.05) is 40.4 Å². The lowest BCUT2D eigenvalue weighted by Gasteiger charge is -2.16. The van der Waals surface area contributed by atoms with Gasteiger partial charge in [0.25, 0.3) is 5.91 Å². The smallest absolute Gasteiger partial charge is 0.256 e. The number of fused-ring (bicyclic) bond motifs is 1. The lowest BCUT2D eigenvalue weighted by atomic mass is 10.0. The van der Waals surface area contributed by atoms with Crippen molar-refractivity contribution in [3.63, 3.8) is 0 Å². The van der Waals surface area contributed by atoms with E-state index in [2.05, 4.69) is 15.3 Å². The maximum atomic E-state index is 13.1. The average molecular weight is 341 g/mol. The first-order valence-corrected chi connectivity index (χ1v) is 8.11. The summed E-state index contributed by atoms with van der Waals surface area (Å²) in [5, 5.41) is 8.17. The van der Waals surface area contributed by atoms with Gasteiger partial charge in [-0.05, 0) is 12.1 Å². The highest BCUT2D eigenvalue weighted by molar-refractivity contribution is 6.04. The van der Waals surface area contributed by atoms with E-state index in [-0.39, 0.29) is 17.9 Å². The Balaban J connectivity index is 1.64. The molecule has 2 atom stereocenters. The zero-order valence-corrected chi connectivity index (χ0v) is 14.3. The third-order valence-electron chi connectivity index (χ3n) is 4.61. The summed E-state index contributed by atoms with van der Waals surface area (Å²) in [5.74, 6) is 0.470. The van der Waals surface area contributed by atoms with E-state index in [0.29, 0.717) is 35.6 Å². The van der Waals surface area contributed by atoms with Crippen LogP contribution < -0.4 is 0 Å². The van der Waals surface area contributed by atoms with E-state index in [1.807, 2.05) is 25.4 Å². The maximum Gasteiger partial charge on any atom is 0.256 e. The van der Waals surface area contributed by atoms with Gasteiger partial charge in [-0.2, -0.15) is 0 Å². The van der Waals surface area contributed by atoms with Crippen LogP contribution in [-0.2, 0) is 11.8 Å². The number of aryl methyl sites for hydroxylation is 2. The molecule has 0 unspecified atom stereocenters. The number of carbonyl (C=O) groups is 1. The number of carbonyl (C=O) groups excluding carboxylic acids is 1. The number of para-hydroxylation sites is 1. The monoisotopic (exact) mass is 341 g/mol. The van der Waals surface area contributed by atoms with Gasteiger partial charge in [-0.3, -0.25) is 9.48 Å². The minimum Gasteiger partial charge on any atom is -0.441 e. The Morgan fingerprint density at radius 2 is 2.20 bits per heavy atom. The molecule has 1 saturated heterocycles. The second kappa shape index (κ2) is 5.96. The molecular weight excluding hydrogens is 322 g/mol. The third-order valence-corrected chi connectivity index (χ3v) is 4.61. The first-order chi connectivity index (χ1) is 12.1. The Hall–Kier alpha value is -2.74. The fourth-order valence-corrected chi connectivity index (χ4v) is 3.40. The van der Waals surface area contributed by atoms with Gasteiger partial charge in [-0.25, -0.2) is 4.98 Å². The molecule has 2 aromatic heterocycles. The van der Waals surface area contributed by atoms with E-state index < -0.39 is 0 Å². The predicted octanol–water partition coefficient (Wildman–Crippen LogP) is 1.52. The van der Waals surface area contributed by atoms with Crippen molar-refractivity contribution in [3.05, 3.63) is 41.5 Å². The van der Waals surface area contributed by atoms with Gasteiger partial charge >= 0.3 is 0 Å². The second-order valence-corrected chi connectivity index (χ2v) is 6.29. The molecule has 0 saturated carbocycles. The second-order valence-electron chi connectivity index (χ2n) is 6.29. The average Bonchev–Trinajstić information content (AvgIpc) is 3.29. The van der Waals surface area contributed by atoms with E-state index in [1.165, 1.54) is 0 Å². The number of oxazole rings is 1. The summed E-state index contributed by atoms with van der Waals surface area (Å²) in [6.45, 7) is 2.81. The number of nitrogens with zero attached hydrogens (tertiary/aromatic N) is 5. The highest BCUT2D eigenvalue weighted by atomic mass is 16.5. The molecule has 4 rings (SSSR count). The summed E-state index contributed by atoms with van der Waals surface area (Å²) in [5.41, 5.74) is 2.60. The van der Waals surface area contributed by atoms with Crippen LogP contribution in [0.5, 0.6) is 0 Å². The molecule has 1 aliphatic rings. The van der Waals surface area contributed by atoms with Crippen LogP contribution in [0.2, 0.25) is 0 Å². The summed E-state index contributed by atoms with van der Waals surface area (Å²) in [6, 6.07) is 5.41. The summed E-state index contributed by atoms with van der Waals surface area (Å²) in [6.07, 6.45) is 1.76. The van der Waals surface area contributed by atoms with E-state index >= 15 is 0 Å². The molecular formula is C17H19N5O3. The minimum absolute atomic E-state index is 0.000832. The lowest BCUT2D eigenvalue weighted by molar-refractivity contribution is 0.0715. The normalized spacial score (nSPS) is 20.5. The van der Waals surface area contributed by atoms with Crippen molar-refractivity contribution in [2.45, 2.75) is 18.9 Å². The maximum absolute atomic E-state index is 13.1. The number of ether oxygens (including phenoxy) is 1. The molecule has 0 radical (unpaired) electrons. The first-order valence-electron chi connectivity index (χ1n) is 8.11. The number of benzene rings is 1. The van der Waals surface area contributed by atoms with Crippen LogP contribution in [0.25, 0.3) is 11.1 Å². The molecule has 8 heteroatoms. The van der Waals surface area contributed by atoms with Crippen molar-refractivity contribution in [1.29, 1.82) is 0 Å². The van der Waals surface area contributed by atoms with Gasteiger partial charge in [0.05, 0.1) is 23.3 Å². The van der Waals surface area contributed by atoms with E-state index in [1.54, 1.807) is 29.7 Å². The van der Waals surface area contributed by atoms with Gasteiger partial charge in [0.2, 0.25) is 0 Å². The highest BCUT2D eigenvalue weighted by Gasteiger charge is 2.38. The molecule has 3 heterocycles. The number of likely N-dealkylation sites (tertiary alicyclic amines) is 1. The van der Waals surface area contributed by atoms with Crippen molar-refractivity contribution < 1.29 is 13.9 Å². The molecule has 1 fully saturated rings. The quantitative estimate of drug-likeness (QED) is 0.718. The zero-order chi connectivity index (χ0) is 17.6. The van der Waals surface area contributed by atoms with Crippen LogP contribution in [0, 0.1) is 6.92 Å². The molecule has 0 bridgehead atoms. The predicted molar refractivity (Wildman–Crippen MR) is 89.2 cm³/mol. The van der Waals surface area contributed by atoms with Gasteiger partial charge < -0.3 is 14.1 Å². The van der Waals surface area contributed by atoms with Crippen LogP contribution in [-0.4, -0.2) is 57.1 Å². The number of hydrogen-bond acceptors (Lipinski definition) is 6. The summed E-state index contributed by atoms with van der Waals surface area (Å²) >= 11 is 0. The van der Waals surface area contributed by atoms with Crippen molar-refractivity contribution in [3.8, 4) is 0 Å². The van der Waals surface area contributed by atoms with Crippen LogP contribution in [0.3, 0.4) is 0 Å². The Morgan fingerprint density at radius 3 is 2.92 bits per heavy atom. The van der Waals surface area contributed by atoms with Crippen molar-refractivity contribution >= 4 is 17.0 Å². The highest BCUT2D eigenvalue weighted by Crippen LogP contribution is 2.30. The number of amides is 1. The largest absolute Gasteiger partial charge is 0.441 e. The number of hydrogen-bond donors (Lipinski definition) is 0. The SMILES string of the molecule is CO[C@@H]1CN(C(=O)c2cccc3oc(C)nc23)C[C@H]1c1cn(C)nn1. The van der Waals surface area contributed by atoms with Crippen LogP contribution in [0.4, 0.5) is 0 Å². The summed E-state index contributed by atoms with van der Waals surface area (Å²) in [4.78, 5) is 19.2. The topological polar surface area (TPSA) is 86.3 Å². The van der Waals surface area contributed by atoms with E-state index in [9.17, 15) is 4.79 Å². The first kappa shape index (κ1) is 15.8. The molecule has 25 heavy (non-hydrogen) atoms. The van der Waals surface area contributed by atoms with Crippen molar-refractivity contribution in [2.24, 2.45) is 7.05 Å². The summed E-state index contributed by atoms with van der Waals surface area (Å²) < 4.78 is 12.8. The van der Waals surface area contributed by atoms with Crippen LogP contribution in [0.15, 0.2) is 28.8 Å².